The fourth-order valence-electron chi connectivity index (χ4n) is 3.05. The van der Waals surface area contributed by atoms with Crippen molar-refractivity contribution in [2.45, 2.75) is 26.4 Å². The molecule has 0 unspecified atom stereocenters. The van der Waals surface area contributed by atoms with Crippen LogP contribution in [0.4, 0.5) is 13.2 Å². The predicted molar refractivity (Wildman–Crippen MR) is 120 cm³/mol. The molecule has 0 bridgehead atoms. The molecule has 4 nitrogen and oxygen atoms in total. The summed E-state index contributed by atoms with van der Waals surface area (Å²) in [5.41, 5.74) is 2.34. The molecule has 0 spiro atoms. The summed E-state index contributed by atoms with van der Waals surface area (Å²) in [7, 11) is 0. The molecule has 33 heavy (non-hydrogen) atoms. The summed E-state index contributed by atoms with van der Waals surface area (Å²) in [4.78, 5) is 11.0. The maximum Gasteiger partial charge on any atom is 0.416 e. The number of alkyl halides is 3. The molecule has 0 amide bonds. The second-order valence-electron chi connectivity index (χ2n) is 7.53. The van der Waals surface area contributed by atoms with Crippen molar-refractivity contribution in [3.05, 3.63) is 94.6 Å². The van der Waals surface area contributed by atoms with Crippen molar-refractivity contribution in [2.75, 3.05) is 6.61 Å². The van der Waals surface area contributed by atoms with Gasteiger partial charge in [-0.05, 0) is 66.4 Å². The zero-order chi connectivity index (χ0) is 24.0. The van der Waals surface area contributed by atoms with Gasteiger partial charge in [-0.3, -0.25) is 4.79 Å². The molecule has 7 heteroatoms. The van der Waals surface area contributed by atoms with E-state index in [0.29, 0.717) is 28.4 Å². The Morgan fingerprint density at radius 3 is 2.21 bits per heavy atom. The molecule has 0 radical (unpaired) electrons. The van der Waals surface area contributed by atoms with Crippen LogP contribution in [0.3, 0.4) is 0 Å². The van der Waals surface area contributed by atoms with Crippen LogP contribution in [-0.2, 0) is 17.4 Å². The first kappa shape index (κ1) is 23.9. The van der Waals surface area contributed by atoms with Gasteiger partial charge in [0.2, 0.25) is 0 Å². The van der Waals surface area contributed by atoms with E-state index < -0.39 is 17.7 Å². The van der Waals surface area contributed by atoms with Crippen LogP contribution in [-0.4, -0.2) is 17.7 Å². The normalized spacial score (nSPS) is 11.5. The third kappa shape index (κ3) is 6.87. The van der Waals surface area contributed by atoms with Crippen molar-refractivity contribution < 1.29 is 32.5 Å². The first-order chi connectivity index (χ1) is 15.6. The van der Waals surface area contributed by atoms with Crippen molar-refractivity contribution in [3.63, 3.8) is 0 Å². The van der Waals surface area contributed by atoms with Gasteiger partial charge in [0.05, 0.1) is 12.0 Å². The highest BCUT2D eigenvalue weighted by molar-refractivity contribution is 5.70. The van der Waals surface area contributed by atoms with Gasteiger partial charge in [0.25, 0.3) is 0 Å². The summed E-state index contributed by atoms with van der Waals surface area (Å²) in [6.07, 6.45) is -1.05. The van der Waals surface area contributed by atoms with Crippen molar-refractivity contribution in [1.82, 2.24) is 0 Å². The lowest BCUT2D eigenvalue weighted by molar-refractivity contribution is -0.138. The average molecular weight is 456 g/mol. The molecular weight excluding hydrogens is 433 g/mol. The third-order valence-electron chi connectivity index (χ3n) is 4.88. The highest BCUT2D eigenvalue weighted by Crippen LogP contribution is 2.32. The van der Waals surface area contributed by atoms with Crippen LogP contribution in [0.25, 0.3) is 6.08 Å². The van der Waals surface area contributed by atoms with E-state index in [1.807, 2.05) is 26.0 Å². The molecule has 172 valence electrons. The highest BCUT2D eigenvalue weighted by atomic mass is 19.4. The Morgan fingerprint density at radius 1 is 0.939 bits per heavy atom. The molecule has 0 atom stereocenters. The zero-order valence-electron chi connectivity index (χ0n) is 18.1. The number of carboxylic acids is 1. The van der Waals surface area contributed by atoms with E-state index in [-0.39, 0.29) is 13.0 Å². The molecule has 3 aromatic rings. The molecule has 0 heterocycles. The number of carboxylic acid groups (broad SMARTS) is 1. The maximum absolute atomic E-state index is 12.6. The molecule has 0 aromatic heterocycles. The van der Waals surface area contributed by atoms with Gasteiger partial charge in [-0.25, -0.2) is 0 Å². The standard InChI is InChI=1S/C26H23F3O4/c1-17-5-7-20(15-25(30)31)14-23(17)33-24-16-22(12-6-18(24)2)32-13-3-4-19-8-10-21(11-9-19)26(27,28)29/h3-12,14,16H,13,15H2,1-2H3,(H,30,31)/b4-3+. The Balaban J connectivity index is 1.65. The highest BCUT2D eigenvalue weighted by Gasteiger charge is 2.29. The molecule has 0 aliphatic rings. The molecular formula is C26H23F3O4. The lowest BCUT2D eigenvalue weighted by Crippen LogP contribution is -2.04. The quantitative estimate of drug-likeness (QED) is 0.404. The number of aryl methyl sites for hydroxylation is 2. The summed E-state index contributed by atoms with van der Waals surface area (Å²) >= 11 is 0. The summed E-state index contributed by atoms with van der Waals surface area (Å²) in [5.74, 6) is 0.790. The lowest BCUT2D eigenvalue weighted by Gasteiger charge is -2.14. The predicted octanol–water partition coefficient (Wildman–Crippen LogP) is 6.83. The van der Waals surface area contributed by atoms with Gasteiger partial charge >= 0.3 is 12.1 Å². The average Bonchev–Trinajstić information content (AvgIpc) is 2.75. The maximum atomic E-state index is 12.6. The van der Waals surface area contributed by atoms with Crippen LogP contribution in [0, 0.1) is 13.8 Å². The van der Waals surface area contributed by atoms with E-state index in [4.69, 9.17) is 14.6 Å². The van der Waals surface area contributed by atoms with Crippen LogP contribution < -0.4 is 9.47 Å². The lowest BCUT2D eigenvalue weighted by atomic mass is 10.1. The van der Waals surface area contributed by atoms with Crippen LogP contribution in [0.2, 0.25) is 0 Å². The first-order valence-electron chi connectivity index (χ1n) is 10.2. The first-order valence-corrected chi connectivity index (χ1v) is 10.2. The Labute approximate surface area is 189 Å². The number of hydrogen-bond acceptors (Lipinski definition) is 3. The van der Waals surface area contributed by atoms with Gasteiger partial charge < -0.3 is 14.6 Å². The van der Waals surface area contributed by atoms with E-state index in [2.05, 4.69) is 0 Å². The van der Waals surface area contributed by atoms with Crippen LogP contribution >= 0.6 is 0 Å². The number of ether oxygens (including phenoxy) is 2. The molecule has 0 aliphatic heterocycles. The van der Waals surface area contributed by atoms with Crippen LogP contribution in [0.15, 0.2) is 66.7 Å². The molecule has 3 rings (SSSR count). The van der Waals surface area contributed by atoms with Crippen molar-refractivity contribution >= 4 is 12.0 Å². The van der Waals surface area contributed by atoms with E-state index in [1.165, 1.54) is 12.1 Å². The fraction of sp³-hybridized carbons (Fsp3) is 0.192. The number of hydrogen-bond donors (Lipinski definition) is 1. The molecule has 0 aliphatic carbocycles. The minimum Gasteiger partial charge on any atom is -0.489 e. The van der Waals surface area contributed by atoms with Crippen LogP contribution in [0.5, 0.6) is 17.2 Å². The van der Waals surface area contributed by atoms with E-state index in [1.54, 1.807) is 36.4 Å². The molecule has 0 saturated carbocycles. The number of halogens is 3. The van der Waals surface area contributed by atoms with Gasteiger partial charge in [0.1, 0.15) is 23.9 Å². The SMILES string of the molecule is Cc1ccc(CC(=O)O)cc1Oc1cc(OC/C=C/c2ccc(C(F)(F)F)cc2)ccc1C. The molecule has 1 N–H and O–H groups in total. The topological polar surface area (TPSA) is 55.8 Å². The van der Waals surface area contributed by atoms with E-state index in [9.17, 15) is 18.0 Å². The van der Waals surface area contributed by atoms with Gasteiger partial charge in [-0.2, -0.15) is 13.2 Å². The monoisotopic (exact) mass is 456 g/mol. The van der Waals surface area contributed by atoms with Crippen molar-refractivity contribution in [1.29, 1.82) is 0 Å². The largest absolute Gasteiger partial charge is 0.489 e. The Bertz CT molecular complexity index is 1150. The molecule has 0 saturated heterocycles. The number of benzene rings is 3. The van der Waals surface area contributed by atoms with E-state index >= 15 is 0 Å². The van der Waals surface area contributed by atoms with E-state index in [0.717, 1.165) is 23.3 Å². The van der Waals surface area contributed by atoms with Gasteiger partial charge in [-0.1, -0.05) is 36.4 Å². The smallest absolute Gasteiger partial charge is 0.416 e. The minimum absolute atomic E-state index is 0.0932. The molecule has 0 fully saturated rings. The van der Waals surface area contributed by atoms with Gasteiger partial charge in [0.15, 0.2) is 0 Å². The summed E-state index contributed by atoms with van der Waals surface area (Å²) in [6, 6.07) is 15.5. The summed E-state index contributed by atoms with van der Waals surface area (Å²) in [6.45, 7) is 3.98. The third-order valence-corrected chi connectivity index (χ3v) is 4.88. The van der Waals surface area contributed by atoms with Crippen molar-refractivity contribution in [3.8, 4) is 17.2 Å². The van der Waals surface area contributed by atoms with Crippen LogP contribution in [0.1, 0.15) is 27.8 Å². The van der Waals surface area contributed by atoms with Gasteiger partial charge in [-0.15, -0.1) is 0 Å². The number of aliphatic carboxylic acids is 1. The summed E-state index contributed by atoms with van der Waals surface area (Å²) < 4.78 is 49.7. The fourth-order valence-corrected chi connectivity index (χ4v) is 3.05. The Kier molecular flexibility index (Phi) is 7.43. The Hall–Kier alpha value is -3.74. The zero-order valence-corrected chi connectivity index (χ0v) is 18.1. The second-order valence-corrected chi connectivity index (χ2v) is 7.53. The van der Waals surface area contributed by atoms with Crippen molar-refractivity contribution in [2.24, 2.45) is 0 Å². The number of carbonyl (C=O) groups is 1. The summed E-state index contributed by atoms with van der Waals surface area (Å²) in [5, 5.41) is 9.01. The Morgan fingerprint density at radius 2 is 1.58 bits per heavy atom. The molecule has 3 aromatic carbocycles. The second kappa shape index (κ2) is 10.3. The number of rotatable bonds is 8. The van der Waals surface area contributed by atoms with Gasteiger partial charge in [0, 0.05) is 6.07 Å². The minimum atomic E-state index is -4.35.